The molecule has 0 saturated carbocycles. The van der Waals surface area contributed by atoms with Crippen molar-refractivity contribution in [1.29, 1.82) is 0 Å². The van der Waals surface area contributed by atoms with E-state index in [-0.39, 0.29) is 0 Å². The van der Waals surface area contributed by atoms with Crippen LogP contribution < -0.4 is 0 Å². The van der Waals surface area contributed by atoms with Crippen LogP contribution in [0.5, 0.6) is 0 Å². The number of hydrogen-bond acceptors (Lipinski definition) is 5. The average molecular weight is 588 g/mol. The van der Waals surface area contributed by atoms with Crippen molar-refractivity contribution in [2.24, 2.45) is 0 Å². The molecular formula is C41H25N5. The molecule has 0 spiro atoms. The molecule has 9 rings (SSSR count). The van der Waals surface area contributed by atoms with Crippen molar-refractivity contribution in [3.05, 3.63) is 152 Å². The zero-order valence-corrected chi connectivity index (χ0v) is 24.7. The Morgan fingerprint density at radius 1 is 0.348 bits per heavy atom. The first-order chi connectivity index (χ1) is 22.8. The van der Waals surface area contributed by atoms with Gasteiger partial charge < -0.3 is 0 Å². The monoisotopic (exact) mass is 587 g/mol. The van der Waals surface area contributed by atoms with Gasteiger partial charge in [-0.15, -0.1) is 0 Å². The van der Waals surface area contributed by atoms with Crippen LogP contribution in [0.4, 0.5) is 0 Å². The van der Waals surface area contributed by atoms with Gasteiger partial charge >= 0.3 is 0 Å². The summed E-state index contributed by atoms with van der Waals surface area (Å²) in [4.78, 5) is 23.7. The van der Waals surface area contributed by atoms with Gasteiger partial charge in [-0.3, -0.25) is 15.0 Å². The summed E-state index contributed by atoms with van der Waals surface area (Å²) in [5.41, 5.74) is 11.9. The molecule has 0 saturated heterocycles. The minimum Gasteiger partial charge on any atom is -0.255 e. The lowest BCUT2D eigenvalue weighted by molar-refractivity contribution is 1.28. The molecule has 0 aliphatic heterocycles. The Hall–Kier alpha value is -6.33. The van der Waals surface area contributed by atoms with Crippen molar-refractivity contribution in [3.8, 4) is 44.9 Å². The highest BCUT2D eigenvalue weighted by molar-refractivity contribution is 6.10. The van der Waals surface area contributed by atoms with E-state index < -0.39 is 0 Å². The van der Waals surface area contributed by atoms with Crippen LogP contribution in [0.2, 0.25) is 0 Å². The Labute approximate surface area is 264 Å². The quantitative estimate of drug-likeness (QED) is 0.192. The SMILES string of the molecule is c1ccc(-c2ccc3ccc(-c4ccc5ccc(-c6ccc(-c7cc8cccnc8c8ncccc78)cc6)cc5n4)cc3n2)nc1. The molecule has 5 heterocycles. The van der Waals surface area contributed by atoms with Gasteiger partial charge in [-0.1, -0.05) is 78.9 Å². The topological polar surface area (TPSA) is 64.5 Å². The molecule has 0 aliphatic rings. The summed E-state index contributed by atoms with van der Waals surface area (Å²) in [5, 5.41) is 4.37. The van der Waals surface area contributed by atoms with Gasteiger partial charge in [0.1, 0.15) is 0 Å². The van der Waals surface area contributed by atoms with Crippen molar-refractivity contribution in [2.45, 2.75) is 0 Å². The minimum atomic E-state index is 0.856. The van der Waals surface area contributed by atoms with E-state index in [2.05, 4.69) is 112 Å². The third kappa shape index (κ3) is 4.54. The largest absolute Gasteiger partial charge is 0.255 e. The molecule has 214 valence electrons. The van der Waals surface area contributed by atoms with Gasteiger partial charge in [0.05, 0.1) is 39.1 Å². The lowest BCUT2D eigenvalue weighted by Gasteiger charge is -2.11. The zero-order chi connectivity index (χ0) is 30.5. The highest BCUT2D eigenvalue weighted by Gasteiger charge is 2.11. The summed E-state index contributed by atoms with van der Waals surface area (Å²) in [6, 6.07) is 46.2. The van der Waals surface area contributed by atoms with E-state index in [1.54, 1.807) is 6.20 Å². The second kappa shape index (κ2) is 10.7. The van der Waals surface area contributed by atoms with E-state index in [1.165, 1.54) is 0 Å². The van der Waals surface area contributed by atoms with Crippen LogP contribution in [0, 0.1) is 0 Å². The lowest BCUT2D eigenvalue weighted by Crippen LogP contribution is -1.90. The molecule has 5 nitrogen and oxygen atoms in total. The van der Waals surface area contributed by atoms with Gasteiger partial charge in [0.2, 0.25) is 0 Å². The summed E-state index contributed by atoms with van der Waals surface area (Å²) in [6.07, 6.45) is 5.45. The summed E-state index contributed by atoms with van der Waals surface area (Å²) in [5.74, 6) is 0. The Kier molecular flexibility index (Phi) is 6.06. The third-order valence-electron chi connectivity index (χ3n) is 8.60. The van der Waals surface area contributed by atoms with Crippen LogP contribution in [-0.2, 0) is 0 Å². The van der Waals surface area contributed by atoms with Crippen LogP contribution in [0.1, 0.15) is 0 Å². The highest BCUT2D eigenvalue weighted by atomic mass is 14.8. The van der Waals surface area contributed by atoms with Crippen molar-refractivity contribution in [3.63, 3.8) is 0 Å². The fraction of sp³-hybridized carbons (Fsp3) is 0. The number of pyridine rings is 5. The number of benzene rings is 4. The first-order valence-corrected chi connectivity index (χ1v) is 15.2. The molecule has 0 amide bonds. The first kappa shape index (κ1) is 26.1. The predicted molar refractivity (Wildman–Crippen MR) is 187 cm³/mol. The van der Waals surface area contributed by atoms with Crippen LogP contribution in [0.15, 0.2) is 152 Å². The maximum absolute atomic E-state index is 5.09. The second-order valence-electron chi connectivity index (χ2n) is 11.4. The predicted octanol–water partition coefficient (Wildman–Crippen LogP) is 9.94. The number of fused-ring (bicyclic) bond motifs is 5. The molecule has 9 aromatic rings. The van der Waals surface area contributed by atoms with Gasteiger partial charge in [-0.25, -0.2) is 9.97 Å². The van der Waals surface area contributed by atoms with Gasteiger partial charge in [-0.2, -0.15) is 0 Å². The lowest BCUT2D eigenvalue weighted by atomic mass is 9.95. The molecular weight excluding hydrogens is 562 g/mol. The van der Waals surface area contributed by atoms with Gasteiger partial charge in [-0.05, 0) is 76.9 Å². The number of aromatic nitrogens is 5. The second-order valence-corrected chi connectivity index (χ2v) is 11.4. The molecule has 0 radical (unpaired) electrons. The van der Waals surface area contributed by atoms with E-state index in [4.69, 9.17) is 9.97 Å². The Bertz CT molecular complexity index is 2580. The Morgan fingerprint density at radius 2 is 0.978 bits per heavy atom. The van der Waals surface area contributed by atoms with Crippen LogP contribution in [0.3, 0.4) is 0 Å². The molecule has 0 aliphatic carbocycles. The van der Waals surface area contributed by atoms with Gasteiger partial charge in [0.15, 0.2) is 0 Å². The fourth-order valence-electron chi connectivity index (χ4n) is 6.25. The number of nitrogens with zero attached hydrogens (tertiary/aromatic N) is 5. The Balaban J connectivity index is 1.07. The molecule has 4 aromatic carbocycles. The van der Waals surface area contributed by atoms with E-state index >= 15 is 0 Å². The van der Waals surface area contributed by atoms with Crippen LogP contribution in [0.25, 0.3) is 88.5 Å². The van der Waals surface area contributed by atoms with E-state index in [0.717, 1.165) is 88.5 Å². The Morgan fingerprint density at radius 3 is 1.78 bits per heavy atom. The van der Waals surface area contributed by atoms with E-state index in [0.29, 0.717) is 0 Å². The maximum atomic E-state index is 5.09. The summed E-state index contributed by atoms with van der Waals surface area (Å²) in [6.45, 7) is 0. The molecule has 0 unspecified atom stereocenters. The smallest absolute Gasteiger partial charge is 0.0970 e. The normalized spacial score (nSPS) is 11.5. The van der Waals surface area contributed by atoms with Gasteiger partial charge in [0, 0.05) is 45.7 Å². The minimum absolute atomic E-state index is 0.856. The average Bonchev–Trinajstić information content (AvgIpc) is 3.14. The summed E-state index contributed by atoms with van der Waals surface area (Å²) in [7, 11) is 0. The number of rotatable bonds is 4. The van der Waals surface area contributed by atoms with Crippen molar-refractivity contribution >= 4 is 43.6 Å². The molecule has 0 bridgehead atoms. The molecule has 0 atom stereocenters. The third-order valence-corrected chi connectivity index (χ3v) is 8.60. The highest BCUT2D eigenvalue weighted by Crippen LogP contribution is 2.35. The van der Waals surface area contributed by atoms with Crippen molar-refractivity contribution < 1.29 is 0 Å². The fourth-order valence-corrected chi connectivity index (χ4v) is 6.25. The van der Waals surface area contributed by atoms with Crippen LogP contribution >= 0.6 is 0 Å². The standard InChI is InChI=1S/C41H25N5/c1-2-20-42-36(7-1)37-19-17-29-13-15-31(25-39(29)46-37)35-18-16-28-12-14-30(24-38(28)45-35)26-8-10-27(11-9-26)34-23-32-5-3-21-43-40(32)41-33(34)6-4-22-44-41/h1-25H. The van der Waals surface area contributed by atoms with E-state index in [9.17, 15) is 0 Å². The zero-order valence-electron chi connectivity index (χ0n) is 24.7. The van der Waals surface area contributed by atoms with Crippen molar-refractivity contribution in [2.75, 3.05) is 0 Å². The van der Waals surface area contributed by atoms with Crippen LogP contribution in [-0.4, -0.2) is 24.9 Å². The maximum Gasteiger partial charge on any atom is 0.0970 e. The molecule has 46 heavy (non-hydrogen) atoms. The number of hydrogen-bond donors (Lipinski definition) is 0. The molecule has 5 aromatic heterocycles. The van der Waals surface area contributed by atoms with Crippen molar-refractivity contribution in [1.82, 2.24) is 24.9 Å². The molecule has 5 heteroatoms. The first-order valence-electron chi connectivity index (χ1n) is 15.2. The summed E-state index contributed by atoms with van der Waals surface area (Å²) >= 11 is 0. The van der Waals surface area contributed by atoms with E-state index in [1.807, 2.05) is 48.8 Å². The van der Waals surface area contributed by atoms with Gasteiger partial charge in [0.25, 0.3) is 0 Å². The summed E-state index contributed by atoms with van der Waals surface area (Å²) < 4.78 is 0. The molecule has 0 N–H and O–H groups in total. The molecule has 0 fully saturated rings.